The van der Waals surface area contributed by atoms with Crippen LogP contribution < -0.4 is 20.3 Å². The summed E-state index contributed by atoms with van der Waals surface area (Å²) in [5, 5.41) is 2.50. The highest BCUT2D eigenvalue weighted by Crippen LogP contribution is 2.30. The van der Waals surface area contributed by atoms with Crippen molar-refractivity contribution in [2.24, 2.45) is 0 Å². The zero-order valence-electron chi connectivity index (χ0n) is 14.2. The summed E-state index contributed by atoms with van der Waals surface area (Å²) in [7, 11) is 1.31. The Kier molecular flexibility index (Phi) is 6.89. The van der Waals surface area contributed by atoms with E-state index in [1.807, 2.05) is 0 Å². The van der Waals surface area contributed by atoms with Crippen LogP contribution in [0, 0.1) is 0 Å². The van der Waals surface area contributed by atoms with Crippen LogP contribution in [0.1, 0.15) is 12.0 Å². The summed E-state index contributed by atoms with van der Waals surface area (Å²) in [6, 6.07) is 5.89. The van der Waals surface area contributed by atoms with Crippen LogP contribution >= 0.6 is 15.9 Å². The van der Waals surface area contributed by atoms with E-state index in [9.17, 15) is 22.8 Å². The lowest BCUT2D eigenvalue weighted by molar-refractivity contribution is -0.153. The molecule has 1 aromatic heterocycles. The van der Waals surface area contributed by atoms with Gasteiger partial charge in [0, 0.05) is 17.1 Å². The number of methoxy groups -OCH3 is 1. The molecule has 1 heterocycles. The molecule has 0 fully saturated rings. The number of hydrogen-bond acceptors (Lipinski definition) is 4. The molecule has 10 heteroatoms. The minimum absolute atomic E-state index is 0.0382. The molecular weight excluding hydrogens is 433 g/mol. The number of benzene rings is 1. The minimum atomic E-state index is -4.45. The lowest BCUT2D eigenvalue weighted by Gasteiger charge is -2.13. The van der Waals surface area contributed by atoms with Crippen molar-refractivity contribution in [1.82, 2.24) is 4.98 Å². The number of carbonyl (C=O) groups is 1. The van der Waals surface area contributed by atoms with E-state index in [-0.39, 0.29) is 29.5 Å². The van der Waals surface area contributed by atoms with E-state index >= 15 is 0 Å². The molecule has 0 atom stereocenters. The Hall–Kier alpha value is -2.49. The second-order valence-electron chi connectivity index (χ2n) is 5.50. The van der Waals surface area contributed by atoms with Gasteiger partial charge in [-0.3, -0.25) is 9.59 Å². The maximum absolute atomic E-state index is 12.3. The lowest BCUT2D eigenvalue weighted by Crippen LogP contribution is -2.20. The van der Waals surface area contributed by atoms with Crippen LogP contribution in [-0.2, 0) is 11.2 Å². The third-order valence-corrected chi connectivity index (χ3v) is 3.86. The SMILES string of the molecule is COc1cc(CCC(=O)Nc2cc(Br)c[nH]c2=O)ccc1OCC(F)(F)F. The van der Waals surface area contributed by atoms with E-state index in [0.29, 0.717) is 16.5 Å². The minimum Gasteiger partial charge on any atom is -0.493 e. The summed E-state index contributed by atoms with van der Waals surface area (Å²) in [6.07, 6.45) is -2.63. The van der Waals surface area contributed by atoms with Gasteiger partial charge in [-0.2, -0.15) is 13.2 Å². The average molecular weight is 449 g/mol. The Morgan fingerprint density at radius 2 is 2.00 bits per heavy atom. The number of halogens is 4. The second kappa shape index (κ2) is 8.94. The molecule has 0 saturated carbocycles. The Labute approximate surface area is 160 Å². The predicted octanol–water partition coefficient (Wildman–Crippen LogP) is 3.66. The number of hydrogen-bond donors (Lipinski definition) is 2. The number of H-pyrrole nitrogens is 1. The summed E-state index contributed by atoms with van der Waals surface area (Å²) in [5.41, 5.74) is 0.353. The lowest BCUT2D eigenvalue weighted by atomic mass is 10.1. The van der Waals surface area contributed by atoms with E-state index < -0.39 is 18.3 Å². The van der Waals surface area contributed by atoms with Crippen LogP contribution in [0.15, 0.2) is 39.7 Å². The Bertz CT molecular complexity index is 868. The number of aromatic amines is 1. The van der Waals surface area contributed by atoms with Gasteiger partial charge in [-0.05, 0) is 46.1 Å². The molecule has 0 spiro atoms. The first kappa shape index (κ1) is 20.8. The van der Waals surface area contributed by atoms with Crippen LogP contribution in [0.4, 0.5) is 18.9 Å². The van der Waals surface area contributed by atoms with Crippen molar-refractivity contribution in [1.29, 1.82) is 0 Å². The first-order valence-corrected chi connectivity index (χ1v) is 8.52. The third-order valence-electron chi connectivity index (χ3n) is 3.40. The van der Waals surface area contributed by atoms with Crippen molar-refractivity contribution in [2.45, 2.75) is 19.0 Å². The van der Waals surface area contributed by atoms with Crippen molar-refractivity contribution >= 4 is 27.5 Å². The summed E-state index contributed by atoms with van der Waals surface area (Å²) in [4.78, 5) is 26.1. The maximum Gasteiger partial charge on any atom is 0.422 e. The zero-order chi connectivity index (χ0) is 20.0. The number of ether oxygens (including phenoxy) is 2. The number of aryl methyl sites for hydroxylation is 1. The number of rotatable bonds is 7. The number of nitrogens with one attached hydrogen (secondary N) is 2. The number of carbonyl (C=O) groups excluding carboxylic acids is 1. The van der Waals surface area contributed by atoms with Crippen molar-refractivity contribution < 1.29 is 27.4 Å². The van der Waals surface area contributed by atoms with E-state index in [1.54, 1.807) is 6.07 Å². The molecule has 6 nitrogen and oxygen atoms in total. The molecule has 0 aliphatic heterocycles. The summed E-state index contributed by atoms with van der Waals surface area (Å²) >= 11 is 3.19. The topological polar surface area (TPSA) is 80.4 Å². The fourth-order valence-corrected chi connectivity index (χ4v) is 2.51. The molecule has 1 aromatic carbocycles. The molecule has 0 saturated heterocycles. The van der Waals surface area contributed by atoms with Crippen LogP contribution in [-0.4, -0.2) is 30.8 Å². The van der Waals surface area contributed by atoms with Crippen molar-refractivity contribution in [3.63, 3.8) is 0 Å². The highest BCUT2D eigenvalue weighted by atomic mass is 79.9. The fourth-order valence-electron chi connectivity index (χ4n) is 2.17. The second-order valence-corrected chi connectivity index (χ2v) is 6.41. The van der Waals surface area contributed by atoms with Crippen LogP contribution in [0.5, 0.6) is 11.5 Å². The van der Waals surface area contributed by atoms with Gasteiger partial charge < -0.3 is 19.8 Å². The van der Waals surface area contributed by atoms with Crippen molar-refractivity contribution in [3.8, 4) is 11.5 Å². The van der Waals surface area contributed by atoms with Gasteiger partial charge in [-0.15, -0.1) is 0 Å². The largest absolute Gasteiger partial charge is 0.493 e. The molecule has 1 amide bonds. The van der Waals surface area contributed by atoms with Crippen LogP contribution in [0.3, 0.4) is 0 Å². The number of alkyl halides is 3. The van der Waals surface area contributed by atoms with Crippen LogP contribution in [0.25, 0.3) is 0 Å². The van der Waals surface area contributed by atoms with Gasteiger partial charge in [0.1, 0.15) is 5.69 Å². The van der Waals surface area contributed by atoms with Crippen molar-refractivity contribution in [2.75, 3.05) is 19.0 Å². The molecule has 0 unspecified atom stereocenters. The molecule has 0 bridgehead atoms. The number of anilines is 1. The molecule has 2 rings (SSSR count). The average Bonchev–Trinajstić information content (AvgIpc) is 2.61. The van der Waals surface area contributed by atoms with Gasteiger partial charge in [0.15, 0.2) is 18.1 Å². The van der Waals surface area contributed by atoms with Gasteiger partial charge in [0.25, 0.3) is 5.56 Å². The van der Waals surface area contributed by atoms with Crippen molar-refractivity contribution in [3.05, 3.63) is 50.9 Å². The maximum atomic E-state index is 12.3. The molecule has 2 N–H and O–H groups in total. The number of pyridine rings is 1. The predicted molar refractivity (Wildman–Crippen MR) is 96.3 cm³/mol. The van der Waals surface area contributed by atoms with Gasteiger partial charge in [-0.1, -0.05) is 6.07 Å². The fraction of sp³-hybridized carbons (Fsp3) is 0.294. The molecular formula is C17H16BrF3N2O4. The molecule has 0 radical (unpaired) electrons. The first-order chi connectivity index (χ1) is 12.7. The van der Waals surface area contributed by atoms with Gasteiger partial charge in [0.05, 0.1) is 7.11 Å². The molecule has 146 valence electrons. The molecule has 0 aliphatic rings. The van der Waals surface area contributed by atoms with E-state index in [0.717, 1.165) is 0 Å². The standard InChI is InChI=1S/C17H16BrF3N2O4/c1-26-14-6-10(2-4-13(14)27-9-17(19,20)21)3-5-15(24)23-12-7-11(18)8-22-16(12)25/h2,4,6-8H,3,5,9H2,1H3,(H,22,25)(H,23,24). The van der Waals surface area contributed by atoms with Gasteiger partial charge in [-0.25, -0.2) is 0 Å². The third kappa shape index (κ3) is 6.63. The molecule has 27 heavy (non-hydrogen) atoms. The zero-order valence-corrected chi connectivity index (χ0v) is 15.7. The number of aromatic nitrogens is 1. The summed E-state index contributed by atoms with van der Waals surface area (Å²) < 4.78 is 47.1. The van der Waals surface area contributed by atoms with Gasteiger partial charge in [0.2, 0.25) is 5.91 Å². The summed E-state index contributed by atoms with van der Waals surface area (Å²) in [6.45, 7) is -1.42. The van der Waals surface area contributed by atoms with E-state index in [4.69, 9.17) is 9.47 Å². The smallest absolute Gasteiger partial charge is 0.422 e. The first-order valence-electron chi connectivity index (χ1n) is 7.72. The Balaban J connectivity index is 1.97. The monoisotopic (exact) mass is 448 g/mol. The summed E-state index contributed by atoms with van der Waals surface area (Å²) in [5.74, 6) is -0.278. The Morgan fingerprint density at radius 3 is 2.67 bits per heavy atom. The number of amides is 1. The highest BCUT2D eigenvalue weighted by Gasteiger charge is 2.29. The normalized spacial score (nSPS) is 11.1. The van der Waals surface area contributed by atoms with Crippen LogP contribution in [0.2, 0.25) is 0 Å². The highest BCUT2D eigenvalue weighted by molar-refractivity contribution is 9.10. The van der Waals surface area contributed by atoms with Gasteiger partial charge >= 0.3 is 6.18 Å². The Morgan fingerprint density at radius 1 is 1.26 bits per heavy atom. The van der Waals surface area contributed by atoms with E-state index in [1.165, 1.54) is 31.5 Å². The molecule has 0 aliphatic carbocycles. The quantitative estimate of drug-likeness (QED) is 0.677. The van der Waals surface area contributed by atoms with E-state index in [2.05, 4.69) is 26.2 Å². The molecule has 2 aromatic rings.